The molecule has 7 heteroatoms. The molecule has 0 bridgehead atoms. The molecule has 34 heavy (non-hydrogen) atoms. The van der Waals surface area contributed by atoms with Gasteiger partial charge in [-0.25, -0.2) is 4.98 Å². The highest BCUT2D eigenvalue weighted by Gasteiger charge is 2.14. The van der Waals surface area contributed by atoms with Crippen molar-refractivity contribution in [1.82, 2.24) is 25.6 Å². The molecule has 0 saturated carbocycles. The van der Waals surface area contributed by atoms with Crippen LogP contribution in [0, 0.1) is 18.8 Å². The number of rotatable bonds is 7. The summed E-state index contributed by atoms with van der Waals surface area (Å²) in [7, 11) is 0. The fourth-order valence-corrected chi connectivity index (χ4v) is 4.91. The average molecular weight is 466 g/mol. The van der Waals surface area contributed by atoms with Crippen molar-refractivity contribution in [2.24, 2.45) is 0 Å². The number of tetrazole rings is 1. The van der Waals surface area contributed by atoms with Crippen molar-refractivity contribution in [3.05, 3.63) is 88.7 Å². The molecule has 0 amide bonds. The Labute approximate surface area is 202 Å². The first kappa shape index (κ1) is 21.8. The molecule has 3 heterocycles. The summed E-state index contributed by atoms with van der Waals surface area (Å²) in [5.41, 5.74) is 5.92. The Morgan fingerprint density at radius 2 is 2.00 bits per heavy atom. The molecule has 0 saturated heterocycles. The largest absolute Gasteiger partial charge is 0.473 e. The summed E-state index contributed by atoms with van der Waals surface area (Å²) in [6.45, 7) is 4.43. The van der Waals surface area contributed by atoms with Crippen LogP contribution in [0.4, 0.5) is 0 Å². The molecule has 1 N–H and O–H groups in total. The van der Waals surface area contributed by atoms with Crippen molar-refractivity contribution in [3.8, 4) is 28.8 Å². The van der Waals surface area contributed by atoms with Crippen molar-refractivity contribution in [2.45, 2.75) is 32.8 Å². The maximum atomic E-state index is 6.00. The van der Waals surface area contributed by atoms with Crippen LogP contribution >= 0.6 is 11.3 Å². The Balaban J connectivity index is 1.31. The van der Waals surface area contributed by atoms with Gasteiger partial charge in [-0.1, -0.05) is 47.5 Å². The van der Waals surface area contributed by atoms with Crippen LogP contribution in [0.25, 0.3) is 21.2 Å². The molecule has 0 spiro atoms. The Bertz CT molecular complexity index is 1460. The van der Waals surface area contributed by atoms with Gasteiger partial charge < -0.3 is 4.74 Å². The molecule has 5 aromatic rings. The first-order chi connectivity index (χ1) is 16.7. The van der Waals surface area contributed by atoms with E-state index in [1.165, 1.54) is 26.8 Å². The van der Waals surface area contributed by atoms with Gasteiger partial charge in [0.2, 0.25) is 5.88 Å². The van der Waals surface area contributed by atoms with E-state index >= 15 is 0 Å². The number of aromatic nitrogens is 5. The van der Waals surface area contributed by atoms with E-state index in [0.29, 0.717) is 24.7 Å². The van der Waals surface area contributed by atoms with Gasteiger partial charge in [-0.15, -0.1) is 27.5 Å². The number of fused-ring (bicyclic) bond motifs is 1. The maximum Gasteiger partial charge on any atom is 0.213 e. The summed E-state index contributed by atoms with van der Waals surface area (Å²) in [6.07, 6.45) is 2.38. The minimum atomic E-state index is -0.0509. The van der Waals surface area contributed by atoms with E-state index in [4.69, 9.17) is 4.74 Å². The van der Waals surface area contributed by atoms with E-state index in [1.807, 2.05) is 25.3 Å². The second-order valence-electron chi connectivity index (χ2n) is 7.99. The summed E-state index contributed by atoms with van der Waals surface area (Å²) in [6, 6.07) is 18.9. The fourth-order valence-electron chi connectivity index (χ4n) is 3.97. The molecule has 0 unspecified atom stereocenters. The zero-order valence-electron chi connectivity index (χ0n) is 18.9. The highest BCUT2D eigenvalue weighted by molar-refractivity contribution is 7.17. The summed E-state index contributed by atoms with van der Waals surface area (Å²) < 4.78 is 7.28. The number of hydrogen-bond donors (Lipinski definition) is 1. The number of benzene rings is 2. The van der Waals surface area contributed by atoms with Gasteiger partial charge in [-0.05, 0) is 53.6 Å². The Morgan fingerprint density at radius 1 is 1.09 bits per heavy atom. The van der Waals surface area contributed by atoms with Crippen LogP contribution in [0.2, 0.25) is 0 Å². The van der Waals surface area contributed by atoms with Crippen LogP contribution < -0.4 is 4.74 Å². The molecule has 6 nitrogen and oxygen atoms in total. The molecule has 1 atom stereocenters. The lowest BCUT2D eigenvalue weighted by atomic mass is 9.97. The molecule has 0 aliphatic carbocycles. The van der Waals surface area contributed by atoms with Crippen molar-refractivity contribution >= 4 is 21.4 Å². The zero-order chi connectivity index (χ0) is 23.3. The van der Waals surface area contributed by atoms with Crippen LogP contribution in [-0.4, -0.2) is 25.6 Å². The molecule has 2 aromatic carbocycles. The van der Waals surface area contributed by atoms with Crippen molar-refractivity contribution in [2.75, 3.05) is 0 Å². The minimum absolute atomic E-state index is 0.0509. The molecule has 0 radical (unpaired) electrons. The first-order valence-electron chi connectivity index (χ1n) is 11.0. The molecular weight excluding hydrogens is 442 g/mol. The number of hydrogen-bond acceptors (Lipinski definition) is 6. The highest BCUT2D eigenvalue weighted by atomic mass is 32.1. The van der Waals surface area contributed by atoms with Gasteiger partial charge in [0.25, 0.3) is 0 Å². The van der Waals surface area contributed by atoms with E-state index in [1.54, 1.807) is 11.3 Å². The highest BCUT2D eigenvalue weighted by Crippen LogP contribution is 2.36. The third-order valence-corrected chi connectivity index (χ3v) is 6.68. The van der Waals surface area contributed by atoms with Gasteiger partial charge in [0.05, 0.1) is 5.92 Å². The number of pyridine rings is 1. The lowest BCUT2D eigenvalue weighted by Gasteiger charge is -2.10. The number of nitrogens with one attached hydrogen (secondary N) is 1. The van der Waals surface area contributed by atoms with Crippen LogP contribution in [-0.2, 0) is 13.0 Å². The van der Waals surface area contributed by atoms with E-state index in [9.17, 15) is 0 Å². The summed E-state index contributed by atoms with van der Waals surface area (Å²) >= 11 is 1.77. The Hall–Kier alpha value is -4.02. The number of H-pyrrole nitrogens is 1. The lowest BCUT2D eigenvalue weighted by Crippen LogP contribution is -2.04. The van der Waals surface area contributed by atoms with E-state index < -0.39 is 0 Å². The summed E-state index contributed by atoms with van der Waals surface area (Å²) in [5, 5.41) is 17.7. The lowest BCUT2D eigenvalue weighted by molar-refractivity contribution is 0.294. The molecular formula is C27H23N5OS. The third kappa shape index (κ3) is 4.68. The SMILES string of the molecule is CC#C[C@@H](Cc1nn[nH]n1)c1ccc(OCc2ccc3scc(-c4ccccc4C)c3c2)nc1. The van der Waals surface area contributed by atoms with Crippen LogP contribution in [0.15, 0.2) is 66.2 Å². The zero-order valence-corrected chi connectivity index (χ0v) is 19.8. The fraction of sp³-hybridized carbons (Fsp3) is 0.185. The van der Waals surface area contributed by atoms with Gasteiger partial charge in [0.1, 0.15) is 6.61 Å². The van der Waals surface area contributed by atoms with Gasteiger partial charge in [-0.3, -0.25) is 0 Å². The number of aryl methyl sites for hydroxylation is 1. The molecule has 5 rings (SSSR count). The van der Waals surface area contributed by atoms with E-state index in [-0.39, 0.29) is 5.92 Å². The first-order valence-corrected chi connectivity index (χ1v) is 11.9. The maximum absolute atomic E-state index is 6.00. The van der Waals surface area contributed by atoms with Crippen molar-refractivity contribution in [1.29, 1.82) is 0 Å². The standard InChI is InChI=1S/C27H23N5OS/c1-3-6-20(14-26-29-31-32-30-26)21-10-12-27(28-15-21)33-16-19-9-11-25-23(13-19)24(17-34-25)22-8-5-4-7-18(22)2/h4-5,7-13,15,17,20H,14,16H2,1-2H3,(H,29,30,31,32)/t20-/m0/s1. The second kappa shape index (κ2) is 9.86. The smallest absolute Gasteiger partial charge is 0.213 e. The summed E-state index contributed by atoms with van der Waals surface area (Å²) in [5.74, 6) is 7.33. The van der Waals surface area contributed by atoms with Gasteiger partial charge in [0.15, 0.2) is 5.82 Å². The Morgan fingerprint density at radius 3 is 2.76 bits per heavy atom. The number of aromatic amines is 1. The molecule has 168 valence electrons. The van der Waals surface area contributed by atoms with Crippen LogP contribution in [0.5, 0.6) is 5.88 Å². The molecule has 3 aromatic heterocycles. The van der Waals surface area contributed by atoms with Crippen molar-refractivity contribution in [3.63, 3.8) is 0 Å². The van der Waals surface area contributed by atoms with Gasteiger partial charge in [0, 0.05) is 34.3 Å². The second-order valence-corrected chi connectivity index (χ2v) is 8.90. The summed E-state index contributed by atoms with van der Waals surface area (Å²) in [4.78, 5) is 4.50. The van der Waals surface area contributed by atoms with E-state index in [0.717, 1.165) is 11.1 Å². The van der Waals surface area contributed by atoms with Gasteiger partial charge in [-0.2, -0.15) is 5.21 Å². The quantitative estimate of drug-likeness (QED) is 0.311. The van der Waals surface area contributed by atoms with E-state index in [2.05, 4.69) is 92.2 Å². The number of thiophene rings is 1. The number of ether oxygens (including phenoxy) is 1. The monoisotopic (exact) mass is 465 g/mol. The predicted molar refractivity (Wildman–Crippen MR) is 135 cm³/mol. The normalized spacial score (nSPS) is 11.7. The minimum Gasteiger partial charge on any atom is -0.473 e. The van der Waals surface area contributed by atoms with Crippen LogP contribution in [0.1, 0.15) is 35.4 Å². The molecule has 0 aliphatic rings. The topological polar surface area (TPSA) is 76.6 Å². The third-order valence-electron chi connectivity index (χ3n) is 5.72. The molecule has 0 aliphatic heterocycles. The van der Waals surface area contributed by atoms with Crippen molar-refractivity contribution < 1.29 is 4.74 Å². The number of nitrogens with zero attached hydrogens (tertiary/aromatic N) is 4. The van der Waals surface area contributed by atoms with Gasteiger partial charge >= 0.3 is 0 Å². The molecule has 0 fully saturated rings. The van der Waals surface area contributed by atoms with Crippen LogP contribution in [0.3, 0.4) is 0 Å². The average Bonchev–Trinajstić information content (AvgIpc) is 3.53. The Kier molecular flexibility index (Phi) is 6.32. The predicted octanol–water partition coefficient (Wildman–Crippen LogP) is 5.71.